The highest BCUT2D eigenvalue weighted by Crippen LogP contribution is 2.32. The van der Waals surface area contributed by atoms with Crippen molar-refractivity contribution in [1.82, 2.24) is 5.32 Å². The number of benzene rings is 2. The van der Waals surface area contributed by atoms with Gasteiger partial charge in [-0.25, -0.2) is 13.6 Å². The molecule has 0 aliphatic heterocycles. The number of rotatable bonds is 7. The molecule has 0 fully saturated rings. The number of amides is 2. The molecule has 2 rings (SSSR count). The molecule has 160 valence electrons. The first-order valence-corrected chi connectivity index (χ1v) is 10.0. The smallest absolute Gasteiger partial charge is 0.352 e. The molecule has 0 heterocycles. The van der Waals surface area contributed by atoms with Gasteiger partial charge in [0.25, 0.3) is 5.91 Å². The van der Waals surface area contributed by atoms with Gasteiger partial charge in [0.2, 0.25) is 15.9 Å². The van der Waals surface area contributed by atoms with Gasteiger partial charge < -0.3 is 10.6 Å². The summed E-state index contributed by atoms with van der Waals surface area (Å²) in [7, 11) is -3.82. The fourth-order valence-electron chi connectivity index (χ4n) is 2.46. The van der Waals surface area contributed by atoms with Crippen molar-refractivity contribution in [3.63, 3.8) is 0 Å². The maximum absolute atomic E-state index is 13.1. The number of nitrogens with one attached hydrogen (secondary N) is 2. The van der Waals surface area contributed by atoms with Gasteiger partial charge in [-0.15, -0.1) is 0 Å². The minimum atomic E-state index is -4.71. The average molecular weight is 441 g/mol. The Hall–Kier alpha value is -3.18. The summed E-state index contributed by atoms with van der Waals surface area (Å²) in [5.74, 6) is -1.49. The molecule has 0 atom stereocenters. The number of hydrogen-bond donors (Lipinski definition) is 3. The van der Waals surface area contributed by atoms with E-state index in [0.717, 1.165) is 12.1 Å². The van der Waals surface area contributed by atoms with Crippen molar-refractivity contribution >= 4 is 27.5 Å². The first-order valence-electron chi connectivity index (χ1n) is 8.46. The molecular weight excluding hydrogens is 423 g/mol. The van der Waals surface area contributed by atoms with Crippen LogP contribution in [0.3, 0.4) is 0 Å². The molecule has 0 bridgehead atoms. The molecule has 0 saturated carbocycles. The lowest BCUT2D eigenvalue weighted by molar-refractivity contribution is -0.137. The zero-order chi connectivity index (χ0) is 22.5. The number of sulfonamides is 1. The van der Waals surface area contributed by atoms with Crippen molar-refractivity contribution in [2.24, 2.45) is 5.14 Å². The molecule has 2 aromatic carbocycles. The summed E-state index contributed by atoms with van der Waals surface area (Å²) in [6.45, 7) is 3.30. The first-order chi connectivity index (χ1) is 13.9. The molecule has 2 amide bonds. The lowest BCUT2D eigenvalue weighted by Gasteiger charge is -2.13. The molecular formula is C19H18F3N3O4S. The third-order valence-corrected chi connectivity index (χ3v) is 4.86. The van der Waals surface area contributed by atoms with Gasteiger partial charge in [-0.1, -0.05) is 18.7 Å². The number of nitrogens with two attached hydrogens (primary N) is 1. The fraction of sp³-hybridized carbons (Fsp3) is 0.158. The van der Waals surface area contributed by atoms with Gasteiger partial charge in [-0.2, -0.15) is 13.2 Å². The van der Waals surface area contributed by atoms with Gasteiger partial charge in [0.1, 0.15) is 0 Å². The van der Waals surface area contributed by atoms with E-state index in [4.69, 9.17) is 5.14 Å². The van der Waals surface area contributed by atoms with Crippen molar-refractivity contribution in [3.8, 4) is 0 Å². The van der Waals surface area contributed by atoms with Crippen LogP contribution in [0.25, 0.3) is 0 Å². The molecule has 0 aromatic heterocycles. The highest BCUT2D eigenvalue weighted by atomic mass is 32.2. The standard InChI is InChI=1S/C19H18F3N3O4S/c1-2-17(26)25-15-10-13(9-14(11-15)19(20,21)22)18(27)24-8-7-12-3-5-16(6-4-12)30(23,28)29/h2-6,9-11H,1,7-8H2,(H,24,27)(H,25,26)(H2,23,28,29). The third kappa shape index (κ3) is 6.42. The molecule has 0 saturated heterocycles. The van der Waals surface area contributed by atoms with Crippen molar-refractivity contribution in [3.05, 3.63) is 71.8 Å². The van der Waals surface area contributed by atoms with Crippen LogP contribution >= 0.6 is 0 Å². The lowest BCUT2D eigenvalue weighted by atomic mass is 10.1. The SMILES string of the molecule is C=CC(=O)Nc1cc(C(=O)NCCc2ccc(S(N)(=O)=O)cc2)cc(C(F)(F)F)c1. The Morgan fingerprint density at radius 2 is 1.73 bits per heavy atom. The fourth-order valence-corrected chi connectivity index (χ4v) is 2.97. The van der Waals surface area contributed by atoms with E-state index in [1.165, 1.54) is 24.3 Å². The van der Waals surface area contributed by atoms with Gasteiger partial charge in [-0.05, 0) is 48.4 Å². The van der Waals surface area contributed by atoms with Gasteiger partial charge >= 0.3 is 6.18 Å². The second kappa shape index (κ2) is 9.09. The summed E-state index contributed by atoms with van der Waals surface area (Å²) < 4.78 is 61.8. The molecule has 4 N–H and O–H groups in total. The van der Waals surface area contributed by atoms with Crippen LogP contribution in [0.2, 0.25) is 0 Å². The van der Waals surface area contributed by atoms with Crippen LogP contribution in [0.1, 0.15) is 21.5 Å². The van der Waals surface area contributed by atoms with E-state index in [2.05, 4.69) is 17.2 Å². The number of primary sulfonamides is 1. The summed E-state index contributed by atoms with van der Waals surface area (Å²) in [6.07, 6.45) is -3.52. The van der Waals surface area contributed by atoms with Crippen molar-refractivity contribution in [1.29, 1.82) is 0 Å². The van der Waals surface area contributed by atoms with Gasteiger partial charge in [0.05, 0.1) is 10.5 Å². The summed E-state index contributed by atoms with van der Waals surface area (Å²) in [4.78, 5) is 23.6. The Morgan fingerprint density at radius 3 is 2.27 bits per heavy atom. The van der Waals surface area contributed by atoms with Crippen LogP contribution in [-0.2, 0) is 27.4 Å². The number of hydrogen-bond acceptors (Lipinski definition) is 4. The predicted molar refractivity (Wildman–Crippen MR) is 104 cm³/mol. The van der Waals surface area contributed by atoms with E-state index in [9.17, 15) is 31.2 Å². The quantitative estimate of drug-likeness (QED) is 0.572. The number of alkyl halides is 3. The van der Waals surface area contributed by atoms with E-state index in [0.29, 0.717) is 24.1 Å². The van der Waals surface area contributed by atoms with Crippen molar-refractivity contribution in [2.45, 2.75) is 17.5 Å². The van der Waals surface area contributed by atoms with Crippen LogP contribution < -0.4 is 15.8 Å². The molecule has 30 heavy (non-hydrogen) atoms. The van der Waals surface area contributed by atoms with E-state index in [-0.39, 0.29) is 22.7 Å². The maximum atomic E-state index is 13.1. The first kappa shape index (κ1) is 23.1. The second-order valence-corrected chi connectivity index (χ2v) is 7.75. The molecule has 0 spiro atoms. The zero-order valence-corrected chi connectivity index (χ0v) is 16.3. The van der Waals surface area contributed by atoms with Gasteiger partial charge in [-0.3, -0.25) is 9.59 Å². The van der Waals surface area contributed by atoms with Crippen molar-refractivity contribution in [2.75, 3.05) is 11.9 Å². The molecule has 7 nitrogen and oxygen atoms in total. The van der Waals surface area contributed by atoms with Crippen LogP contribution in [0.4, 0.5) is 18.9 Å². The summed E-state index contributed by atoms with van der Waals surface area (Å²) in [6, 6.07) is 8.16. The highest BCUT2D eigenvalue weighted by molar-refractivity contribution is 7.89. The van der Waals surface area contributed by atoms with Crippen LogP contribution in [0.5, 0.6) is 0 Å². The summed E-state index contributed by atoms with van der Waals surface area (Å²) in [5.41, 5.74) is -0.883. The van der Waals surface area contributed by atoms with Crippen molar-refractivity contribution < 1.29 is 31.2 Å². The maximum Gasteiger partial charge on any atom is 0.416 e. The average Bonchev–Trinajstić information content (AvgIpc) is 2.66. The van der Waals surface area contributed by atoms with Crippen LogP contribution in [0, 0.1) is 0 Å². The minimum absolute atomic E-state index is 0.0617. The second-order valence-electron chi connectivity index (χ2n) is 6.19. The largest absolute Gasteiger partial charge is 0.416 e. The molecule has 0 aliphatic rings. The number of anilines is 1. The number of carbonyl (C=O) groups is 2. The summed E-state index contributed by atoms with van der Waals surface area (Å²) >= 11 is 0. The Balaban J connectivity index is 2.11. The monoisotopic (exact) mass is 441 g/mol. The Morgan fingerprint density at radius 1 is 1.10 bits per heavy atom. The topological polar surface area (TPSA) is 118 Å². The molecule has 0 aliphatic carbocycles. The van der Waals surface area contributed by atoms with E-state index < -0.39 is 33.6 Å². The Labute approximate surface area is 170 Å². The molecule has 2 aromatic rings. The van der Waals surface area contributed by atoms with Gasteiger partial charge in [0, 0.05) is 17.8 Å². The number of halogens is 3. The highest BCUT2D eigenvalue weighted by Gasteiger charge is 2.32. The molecule has 0 unspecified atom stereocenters. The van der Waals surface area contributed by atoms with E-state index in [1.54, 1.807) is 0 Å². The zero-order valence-electron chi connectivity index (χ0n) is 15.5. The van der Waals surface area contributed by atoms with Crippen LogP contribution in [0.15, 0.2) is 60.0 Å². The normalized spacial score (nSPS) is 11.6. The lowest BCUT2D eigenvalue weighted by Crippen LogP contribution is -2.26. The van der Waals surface area contributed by atoms with Crippen LogP contribution in [-0.4, -0.2) is 26.8 Å². The van der Waals surface area contributed by atoms with Gasteiger partial charge in [0.15, 0.2) is 0 Å². The molecule has 11 heteroatoms. The number of carbonyl (C=O) groups excluding carboxylic acids is 2. The van der Waals surface area contributed by atoms with E-state index >= 15 is 0 Å². The van der Waals surface area contributed by atoms with E-state index in [1.807, 2.05) is 0 Å². The predicted octanol–water partition coefficient (Wildman–Crippen LogP) is 2.45. The molecule has 0 radical (unpaired) electrons. The minimum Gasteiger partial charge on any atom is -0.352 e. The Kier molecular flexibility index (Phi) is 7.00. The third-order valence-electron chi connectivity index (χ3n) is 3.93. The summed E-state index contributed by atoms with van der Waals surface area (Å²) in [5, 5.41) is 9.69. The Bertz CT molecular complexity index is 1070.